The van der Waals surface area contributed by atoms with Crippen LogP contribution in [0.3, 0.4) is 0 Å². The maximum Gasteiger partial charge on any atom is 0.0144 e. The van der Waals surface area contributed by atoms with Crippen LogP contribution in [0.1, 0.15) is 26.7 Å². The number of hydrogen-bond donors (Lipinski definition) is 0. The van der Waals surface area contributed by atoms with Crippen LogP contribution in [-0.2, 0) is 0 Å². The Labute approximate surface area is 88.1 Å². The van der Waals surface area contributed by atoms with Crippen LogP contribution in [0.15, 0.2) is 33.8 Å². The molecule has 0 spiro atoms. The molecule has 0 aromatic carbocycles. The number of rotatable bonds is 4. The van der Waals surface area contributed by atoms with Gasteiger partial charge in [-0.1, -0.05) is 45.8 Å². The molecule has 0 atom stereocenters. The SMILES string of the molecule is C=C(Br)C(=CCl)CCC=C(C)C. The van der Waals surface area contributed by atoms with Crippen LogP contribution in [0.5, 0.6) is 0 Å². The summed E-state index contributed by atoms with van der Waals surface area (Å²) in [6, 6.07) is 0. The third-order valence-electron chi connectivity index (χ3n) is 1.45. The fourth-order valence-corrected chi connectivity index (χ4v) is 1.45. The second kappa shape index (κ2) is 6.50. The molecule has 0 rings (SSSR count). The highest BCUT2D eigenvalue weighted by Gasteiger charge is 1.96. The molecule has 0 aliphatic heterocycles. The monoisotopic (exact) mass is 248 g/mol. The number of hydrogen-bond acceptors (Lipinski definition) is 0. The molecule has 2 heteroatoms. The van der Waals surface area contributed by atoms with E-state index in [1.807, 2.05) is 0 Å². The Morgan fingerprint density at radius 2 is 2.08 bits per heavy atom. The third-order valence-corrected chi connectivity index (χ3v) is 2.22. The summed E-state index contributed by atoms with van der Waals surface area (Å²) in [6.07, 6.45) is 4.15. The lowest BCUT2D eigenvalue weighted by molar-refractivity contribution is 0.995. The molecule has 0 saturated heterocycles. The average molecular weight is 250 g/mol. The molecule has 0 heterocycles. The van der Waals surface area contributed by atoms with Crippen molar-refractivity contribution in [3.63, 3.8) is 0 Å². The molecule has 0 N–H and O–H groups in total. The van der Waals surface area contributed by atoms with E-state index in [1.54, 1.807) is 5.54 Å². The zero-order chi connectivity index (χ0) is 9.56. The van der Waals surface area contributed by atoms with E-state index in [0.717, 1.165) is 22.9 Å². The van der Waals surface area contributed by atoms with Crippen molar-refractivity contribution >= 4 is 27.5 Å². The Morgan fingerprint density at radius 1 is 1.50 bits per heavy atom. The first kappa shape index (κ1) is 12.0. The fourth-order valence-electron chi connectivity index (χ4n) is 0.766. The van der Waals surface area contributed by atoms with Crippen LogP contribution in [0.25, 0.3) is 0 Å². The van der Waals surface area contributed by atoms with Crippen LogP contribution in [0, 0.1) is 0 Å². The van der Waals surface area contributed by atoms with Crippen LogP contribution < -0.4 is 0 Å². The molecular formula is C10H14BrCl. The molecule has 0 bridgehead atoms. The van der Waals surface area contributed by atoms with E-state index < -0.39 is 0 Å². The van der Waals surface area contributed by atoms with Crippen molar-refractivity contribution < 1.29 is 0 Å². The predicted octanol–water partition coefficient (Wildman–Crippen LogP) is 4.76. The van der Waals surface area contributed by atoms with E-state index in [-0.39, 0.29) is 0 Å². The summed E-state index contributed by atoms with van der Waals surface area (Å²) >= 11 is 8.90. The minimum Gasteiger partial charge on any atom is -0.0926 e. The molecule has 0 aromatic heterocycles. The molecule has 12 heavy (non-hydrogen) atoms. The Hall–Kier alpha value is -0.0100. The summed E-state index contributed by atoms with van der Waals surface area (Å²) in [5, 5.41) is 0. The van der Waals surface area contributed by atoms with Gasteiger partial charge in [-0.2, -0.15) is 0 Å². The van der Waals surface area contributed by atoms with E-state index >= 15 is 0 Å². The van der Waals surface area contributed by atoms with Gasteiger partial charge in [0, 0.05) is 10.0 Å². The highest BCUT2D eigenvalue weighted by molar-refractivity contribution is 9.11. The highest BCUT2D eigenvalue weighted by Crippen LogP contribution is 2.21. The Kier molecular flexibility index (Phi) is 6.49. The van der Waals surface area contributed by atoms with Crippen LogP contribution in [0.2, 0.25) is 0 Å². The zero-order valence-corrected chi connectivity index (χ0v) is 9.87. The lowest BCUT2D eigenvalue weighted by Crippen LogP contribution is -1.80. The van der Waals surface area contributed by atoms with Crippen molar-refractivity contribution in [3.8, 4) is 0 Å². The lowest BCUT2D eigenvalue weighted by Gasteiger charge is -2.00. The van der Waals surface area contributed by atoms with E-state index in [1.165, 1.54) is 5.57 Å². The number of halogens is 2. The molecule has 68 valence electrons. The topological polar surface area (TPSA) is 0 Å². The summed E-state index contributed by atoms with van der Waals surface area (Å²) in [6.45, 7) is 7.95. The largest absolute Gasteiger partial charge is 0.0926 e. The standard InChI is InChI=1S/C10H14BrCl/c1-8(2)5-4-6-10(7-12)9(3)11/h5,7H,3-4,6H2,1-2H3. The second-order valence-corrected chi connectivity index (χ2v) is 4.03. The normalized spacial score (nSPS) is 11.2. The minimum atomic E-state index is 0.875. The molecule has 0 nitrogen and oxygen atoms in total. The summed E-state index contributed by atoms with van der Waals surface area (Å²) in [5.41, 5.74) is 3.98. The summed E-state index contributed by atoms with van der Waals surface area (Å²) < 4.78 is 0.875. The van der Waals surface area contributed by atoms with Crippen molar-refractivity contribution in [1.82, 2.24) is 0 Å². The maximum absolute atomic E-state index is 5.60. The average Bonchev–Trinajstić information content (AvgIpc) is 1.96. The molecular weight excluding hydrogens is 235 g/mol. The van der Waals surface area contributed by atoms with Gasteiger partial charge in [-0.15, -0.1) is 0 Å². The van der Waals surface area contributed by atoms with Gasteiger partial charge in [0.1, 0.15) is 0 Å². The Morgan fingerprint density at radius 3 is 2.42 bits per heavy atom. The minimum absolute atomic E-state index is 0.875. The third kappa shape index (κ3) is 5.62. The van der Waals surface area contributed by atoms with Gasteiger partial charge in [-0.3, -0.25) is 0 Å². The van der Waals surface area contributed by atoms with Gasteiger partial charge in [0.15, 0.2) is 0 Å². The Balaban J connectivity index is 3.92. The van der Waals surface area contributed by atoms with Gasteiger partial charge in [0.2, 0.25) is 0 Å². The quantitative estimate of drug-likeness (QED) is 0.497. The van der Waals surface area contributed by atoms with Crippen molar-refractivity contribution in [1.29, 1.82) is 0 Å². The molecule has 0 radical (unpaired) electrons. The molecule has 0 aromatic rings. The Bertz CT molecular complexity index is 210. The first-order chi connectivity index (χ1) is 5.57. The summed E-state index contributed by atoms with van der Waals surface area (Å²) in [5.74, 6) is 0. The molecule has 0 aliphatic carbocycles. The van der Waals surface area contributed by atoms with Crippen LogP contribution in [-0.4, -0.2) is 0 Å². The van der Waals surface area contributed by atoms with Crippen LogP contribution >= 0.6 is 27.5 Å². The molecule has 0 amide bonds. The van der Waals surface area contributed by atoms with Gasteiger partial charge in [-0.05, 0) is 32.3 Å². The maximum atomic E-state index is 5.60. The van der Waals surface area contributed by atoms with Gasteiger partial charge in [-0.25, -0.2) is 0 Å². The van der Waals surface area contributed by atoms with E-state index in [2.05, 4.69) is 42.4 Å². The lowest BCUT2D eigenvalue weighted by atomic mass is 10.1. The van der Waals surface area contributed by atoms with Gasteiger partial charge >= 0.3 is 0 Å². The van der Waals surface area contributed by atoms with Crippen LogP contribution in [0.4, 0.5) is 0 Å². The smallest absolute Gasteiger partial charge is 0.0144 e. The second-order valence-electron chi connectivity index (χ2n) is 2.86. The molecule has 0 fully saturated rings. The van der Waals surface area contributed by atoms with E-state index in [0.29, 0.717) is 0 Å². The fraction of sp³-hybridized carbons (Fsp3) is 0.400. The summed E-state index contributed by atoms with van der Waals surface area (Å²) in [4.78, 5) is 0. The van der Waals surface area contributed by atoms with E-state index in [4.69, 9.17) is 11.6 Å². The summed E-state index contributed by atoms with van der Waals surface area (Å²) in [7, 11) is 0. The van der Waals surface area contributed by atoms with Crippen molar-refractivity contribution in [2.75, 3.05) is 0 Å². The van der Waals surface area contributed by atoms with Gasteiger partial charge in [0.05, 0.1) is 0 Å². The van der Waals surface area contributed by atoms with E-state index in [9.17, 15) is 0 Å². The van der Waals surface area contributed by atoms with Crippen molar-refractivity contribution in [3.05, 3.63) is 33.8 Å². The first-order valence-electron chi connectivity index (χ1n) is 3.85. The first-order valence-corrected chi connectivity index (χ1v) is 5.08. The van der Waals surface area contributed by atoms with Crippen molar-refractivity contribution in [2.24, 2.45) is 0 Å². The van der Waals surface area contributed by atoms with Gasteiger partial charge < -0.3 is 0 Å². The van der Waals surface area contributed by atoms with Gasteiger partial charge in [0.25, 0.3) is 0 Å². The molecule has 0 aliphatic rings. The predicted molar refractivity (Wildman–Crippen MR) is 60.7 cm³/mol. The molecule has 0 saturated carbocycles. The highest BCUT2D eigenvalue weighted by atomic mass is 79.9. The van der Waals surface area contributed by atoms with Crippen molar-refractivity contribution in [2.45, 2.75) is 26.7 Å². The number of allylic oxidation sites excluding steroid dienone is 4. The molecule has 0 unspecified atom stereocenters. The zero-order valence-electron chi connectivity index (χ0n) is 7.53.